The Morgan fingerprint density at radius 3 is 2.59 bits per heavy atom. The highest BCUT2D eigenvalue weighted by molar-refractivity contribution is 14.1. The lowest BCUT2D eigenvalue weighted by atomic mass is 10.2. The third-order valence-electron chi connectivity index (χ3n) is 2.34. The molecule has 0 bridgehead atoms. The lowest BCUT2D eigenvalue weighted by molar-refractivity contribution is 0.102. The molecule has 0 unspecified atom stereocenters. The highest BCUT2D eigenvalue weighted by Crippen LogP contribution is 2.23. The van der Waals surface area contributed by atoms with Crippen LogP contribution in [0.3, 0.4) is 0 Å². The maximum atomic E-state index is 11.9. The van der Waals surface area contributed by atoms with Gasteiger partial charge in [0.2, 0.25) is 0 Å². The maximum absolute atomic E-state index is 11.9. The summed E-state index contributed by atoms with van der Waals surface area (Å²) in [6.07, 6.45) is 1.65. The van der Waals surface area contributed by atoms with Crippen molar-refractivity contribution in [1.29, 1.82) is 0 Å². The summed E-state index contributed by atoms with van der Waals surface area (Å²) in [4.78, 5) is 12.9. The number of thioether (sulfide) groups is 1. The fourth-order valence-corrected chi connectivity index (χ4v) is 2.60. The van der Waals surface area contributed by atoms with Crippen molar-refractivity contribution in [3.05, 3.63) is 51.5 Å². The van der Waals surface area contributed by atoms with E-state index in [9.17, 15) is 4.79 Å². The van der Waals surface area contributed by atoms with Gasteiger partial charge >= 0.3 is 0 Å². The Kier molecular flexibility index (Phi) is 4.28. The van der Waals surface area contributed by atoms with Crippen molar-refractivity contribution in [3.63, 3.8) is 0 Å². The average Bonchev–Trinajstić information content (AvgIpc) is 2.73. The molecule has 0 radical (unpaired) electrons. The van der Waals surface area contributed by atoms with Gasteiger partial charge in [-0.25, -0.2) is 0 Å². The smallest absolute Gasteiger partial charge is 0.173 e. The number of ketones is 1. The third kappa shape index (κ3) is 3.35. The van der Waals surface area contributed by atoms with Gasteiger partial charge in [0.05, 0.1) is 12.0 Å². The number of halogens is 1. The topological polar surface area (TPSA) is 30.2 Å². The molecular weight excluding hydrogens is 347 g/mol. The minimum absolute atomic E-state index is 0.145. The van der Waals surface area contributed by atoms with Crippen molar-refractivity contribution in [2.24, 2.45) is 0 Å². The van der Waals surface area contributed by atoms with Crippen LogP contribution in [0.4, 0.5) is 0 Å². The Bertz CT molecular complexity index is 516. The first-order valence-corrected chi connectivity index (χ1v) is 7.19. The van der Waals surface area contributed by atoms with Gasteiger partial charge in [-0.3, -0.25) is 4.79 Å². The quantitative estimate of drug-likeness (QED) is 0.467. The molecule has 0 saturated heterocycles. The number of rotatable bonds is 4. The van der Waals surface area contributed by atoms with Crippen LogP contribution < -0.4 is 0 Å². The highest BCUT2D eigenvalue weighted by Gasteiger charge is 2.08. The van der Waals surface area contributed by atoms with Crippen LogP contribution in [0.25, 0.3) is 0 Å². The molecule has 2 aromatic rings. The summed E-state index contributed by atoms with van der Waals surface area (Å²) in [6.45, 7) is 1.90. The number of carbonyl (C=O) groups excluding carboxylic acids is 1. The lowest BCUT2D eigenvalue weighted by Crippen LogP contribution is -2.01. The second-order valence-electron chi connectivity index (χ2n) is 3.56. The van der Waals surface area contributed by atoms with E-state index >= 15 is 0 Å². The maximum Gasteiger partial charge on any atom is 0.173 e. The molecule has 0 spiro atoms. The van der Waals surface area contributed by atoms with Gasteiger partial charge in [0, 0.05) is 14.0 Å². The zero-order chi connectivity index (χ0) is 12.3. The molecule has 1 heterocycles. The fourth-order valence-electron chi connectivity index (χ4n) is 1.39. The molecule has 0 N–H and O–H groups in total. The molecule has 2 rings (SSSR count). The standard InChI is InChI=1S/C13H11IO2S/c1-9-13(6-7-16-9)17-8-12(15)10-2-4-11(14)5-3-10/h2-7H,8H2,1H3. The van der Waals surface area contributed by atoms with Crippen molar-refractivity contribution in [1.82, 2.24) is 0 Å². The first-order chi connectivity index (χ1) is 8.16. The minimum atomic E-state index is 0.145. The number of furan rings is 1. The van der Waals surface area contributed by atoms with E-state index < -0.39 is 0 Å². The molecule has 0 aliphatic rings. The highest BCUT2D eigenvalue weighted by atomic mass is 127. The molecule has 4 heteroatoms. The summed E-state index contributed by atoms with van der Waals surface area (Å²) in [7, 11) is 0. The van der Waals surface area contributed by atoms with Crippen molar-refractivity contribution in [3.8, 4) is 0 Å². The second-order valence-corrected chi connectivity index (χ2v) is 5.82. The molecule has 1 aromatic carbocycles. The van der Waals surface area contributed by atoms with Gasteiger partial charge in [0.1, 0.15) is 5.76 Å². The van der Waals surface area contributed by atoms with Gasteiger partial charge in [-0.2, -0.15) is 0 Å². The van der Waals surface area contributed by atoms with E-state index in [2.05, 4.69) is 22.6 Å². The molecule has 0 saturated carbocycles. The van der Waals surface area contributed by atoms with E-state index in [4.69, 9.17) is 4.42 Å². The summed E-state index contributed by atoms with van der Waals surface area (Å²) in [6, 6.07) is 9.52. The van der Waals surface area contributed by atoms with Crippen LogP contribution in [0, 0.1) is 10.5 Å². The van der Waals surface area contributed by atoms with E-state index in [1.807, 2.05) is 37.3 Å². The Morgan fingerprint density at radius 1 is 1.29 bits per heavy atom. The fraction of sp³-hybridized carbons (Fsp3) is 0.154. The Labute approximate surface area is 118 Å². The third-order valence-corrected chi connectivity index (χ3v) is 4.20. The Morgan fingerprint density at radius 2 is 2.00 bits per heavy atom. The largest absolute Gasteiger partial charge is 0.468 e. The van der Waals surface area contributed by atoms with E-state index in [1.54, 1.807) is 6.26 Å². The monoisotopic (exact) mass is 358 g/mol. The van der Waals surface area contributed by atoms with Crippen molar-refractivity contribution in [2.75, 3.05) is 5.75 Å². The predicted molar refractivity (Wildman–Crippen MR) is 77.7 cm³/mol. The molecule has 0 fully saturated rings. The molecule has 17 heavy (non-hydrogen) atoms. The van der Waals surface area contributed by atoms with Crippen molar-refractivity contribution < 1.29 is 9.21 Å². The normalized spacial score (nSPS) is 10.5. The molecule has 0 aliphatic heterocycles. The summed E-state index contributed by atoms with van der Waals surface area (Å²) in [5, 5.41) is 0. The molecule has 88 valence electrons. The number of Topliss-reactive ketones (excluding diaryl/α,β-unsaturated/α-hetero) is 1. The SMILES string of the molecule is Cc1occc1SCC(=O)c1ccc(I)cc1. The van der Waals surface area contributed by atoms with E-state index in [-0.39, 0.29) is 5.78 Å². The van der Waals surface area contributed by atoms with Gasteiger partial charge < -0.3 is 4.42 Å². The number of hydrogen-bond donors (Lipinski definition) is 0. The predicted octanol–water partition coefficient (Wildman–Crippen LogP) is 4.17. The van der Waals surface area contributed by atoms with Crippen LogP contribution in [0.1, 0.15) is 16.1 Å². The zero-order valence-electron chi connectivity index (χ0n) is 9.27. The average molecular weight is 358 g/mol. The number of carbonyl (C=O) groups is 1. The first kappa shape index (κ1) is 12.7. The molecule has 0 atom stereocenters. The summed E-state index contributed by atoms with van der Waals surface area (Å²) >= 11 is 3.74. The summed E-state index contributed by atoms with van der Waals surface area (Å²) < 4.78 is 6.32. The Hall–Kier alpha value is -0.750. The molecule has 1 aromatic heterocycles. The van der Waals surface area contributed by atoms with Gasteiger partial charge in [0.25, 0.3) is 0 Å². The van der Waals surface area contributed by atoms with Gasteiger partial charge in [-0.1, -0.05) is 12.1 Å². The van der Waals surface area contributed by atoms with E-state index in [0.717, 1.165) is 19.8 Å². The van der Waals surface area contributed by atoms with E-state index in [1.165, 1.54) is 11.8 Å². The number of aryl methyl sites for hydroxylation is 1. The van der Waals surface area contributed by atoms with Crippen LogP contribution in [0.15, 0.2) is 45.9 Å². The first-order valence-electron chi connectivity index (χ1n) is 5.12. The molecular formula is C13H11IO2S. The number of benzene rings is 1. The van der Waals surface area contributed by atoms with E-state index in [0.29, 0.717) is 5.75 Å². The van der Waals surface area contributed by atoms with Crippen LogP contribution in [0.5, 0.6) is 0 Å². The zero-order valence-corrected chi connectivity index (χ0v) is 12.2. The van der Waals surface area contributed by atoms with Crippen LogP contribution in [0.2, 0.25) is 0 Å². The van der Waals surface area contributed by atoms with Crippen LogP contribution in [-0.4, -0.2) is 11.5 Å². The molecule has 0 amide bonds. The molecule has 0 aliphatic carbocycles. The van der Waals surface area contributed by atoms with Crippen molar-refractivity contribution >= 4 is 40.1 Å². The minimum Gasteiger partial charge on any atom is -0.468 e. The number of hydrogen-bond acceptors (Lipinski definition) is 3. The van der Waals surface area contributed by atoms with Gasteiger partial charge in [0.15, 0.2) is 5.78 Å². The van der Waals surface area contributed by atoms with Crippen LogP contribution >= 0.6 is 34.4 Å². The van der Waals surface area contributed by atoms with Gasteiger partial charge in [-0.15, -0.1) is 11.8 Å². The summed E-state index contributed by atoms with van der Waals surface area (Å²) in [5.74, 6) is 1.46. The second kappa shape index (κ2) is 5.73. The Balaban J connectivity index is 1.98. The van der Waals surface area contributed by atoms with Gasteiger partial charge in [-0.05, 0) is 47.7 Å². The van der Waals surface area contributed by atoms with Crippen molar-refractivity contribution in [2.45, 2.75) is 11.8 Å². The molecule has 2 nitrogen and oxygen atoms in total. The van der Waals surface area contributed by atoms with Crippen LogP contribution in [-0.2, 0) is 0 Å². The summed E-state index contributed by atoms with van der Waals surface area (Å²) in [5.41, 5.74) is 0.763. The lowest BCUT2D eigenvalue weighted by Gasteiger charge is -2.00.